The minimum atomic E-state index is -4.50. The van der Waals surface area contributed by atoms with Crippen LogP contribution in [0.5, 0.6) is 6.01 Å². The number of hydrogen-bond acceptors (Lipinski definition) is 5. The predicted octanol–water partition coefficient (Wildman–Crippen LogP) is 5.48. The lowest BCUT2D eigenvalue weighted by atomic mass is 9.80. The number of carboxylic acids is 1. The number of nitrogens with zero attached hydrogens (tertiary/aromatic N) is 3. The van der Waals surface area contributed by atoms with Crippen LogP contribution in [0.4, 0.5) is 17.6 Å². The Labute approximate surface area is 195 Å². The van der Waals surface area contributed by atoms with E-state index in [1.54, 1.807) is 6.07 Å². The van der Waals surface area contributed by atoms with Crippen LogP contribution in [0.15, 0.2) is 48.8 Å². The maximum atomic E-state index is 14.9. The molecule has 1 aliphatic rings. The summed E-state index contributed by atoms with van der Waals surface area (Å²) in [5.41, 5.74) is 0.770. The van der Waals surface area contributed by atoms with Gasteiger partial charge in [0.1, 0.15) is 17.7 Å². The molecule has 0 amide bonds. The second-order valence-electron chi connectivity index (χ2n) is 8.44. The van der Waals surface area contributed by atoms with Crippen molar-refractivity contribution in [3.8, 4) is 28.5 Å². The van der Waals surface area contributed by atoms with Crippen molar-refractivity contribution in [2.24, 2.45) is 5.92 Å². The van der Waals surface area contributed by atoms with Gasteiger partial charge in [0, 0.05) is 24.4 Å². The summed E-state index contributed by atoms with van der Waals surface area (Å²) in [7, 11) is 0. The van der Waals surface area contributed by atoms with Gasteiger partial charge in [0.2, 0.25) is 0 Å². The largest absolute Gasteiger partial charge is 0.481 e. The van der Waals surface area contributed by atoms with Crippen LogP contribution >= 0.6 is 0 Å². The smallest absolute Gasteiger partial charge is 0.416 e. The molecule has 0 saturated heterocycles. The maximum absolute atomic E-state index is 14.9. The Balaban J connectivity index is 1.30. The number of aromatic nitrogens is 4. The van der Waals surface area contributed by atoms with Crippen LogP contribution in [-0.2, 0) is 11.0 Å². The number of nitrogens with one attached hydrogen (secondary N) is 1. The average molecular weight is 486 g/mol. The number of ether oxygens (including phenoxy) is 1. The highest BCUT2D eigenvalue weighted by Gasteiger charge is 2.33. The lowest BCUT2D eigenvalue weighted by Gasteiger charge is -2.33. The van der Waals surface area contributed by atoms with Gasteiger partial charge in [-0.1, -0.05) is 6.07 Å². The fourth-order valence-corrected chi connectivity index (χ4v) is 4.06. The number of H-pyrrole nitrogens is 1. The van der Waals surface area contributed by atoms with Crippen LogP contribution in [0, 0.1) is 11.7 Å². The van der Waals surface area contributed by atoms with Crippen molar-refractivity contribution in [1.29, 1.82) is 0 Å². The summed E-state index contributed by atoms with van der Waals surface area (Å²) < 4.78 is 59.4. The predicted molar refractivity (Wildman–Crippen MR) is 117 cm³/mol. The van der Waals surface area contributed by atoms with E-state index in [0.29, 0.717) is 29.5 Å². The van der Waals surface area contributed by atoms with E-state index in [1.807, 2.05) is 0 Å². The second-order valence-corrected chi connectivity index (χ2v) is 8.44. The Morgan fingerprint density at radius 1 is 1.09 bits per heavy atom. The van der Waals surface area contributed by atoms with Gasteiger partial charge in [0.05, 0.1) is 22.2 Å². The van der Waals surface area contributed by atoms with Gasteiger partial charge in [-0.15, -0.1) is 0 Å². The molecule has 0 unspecified atom stereocenters. The summed E-state index contributed by atoms with van der Waals surface area (Å²) in [4.78, 5) is 26.0. The summed E-state index contributed by atoms with van der Waals surface area (Å²) in [6.07, 6.45) is -0.272. The summed E-state index contributed by atoms with van der Waals surface area (Å²) >= 11 is 0. The molecule has 0 bridgehead atoms. The van der Waals surface area contributed by atoms with Crippen molar-refractivity contribution < 1.29 is 32.2 Å². The summed E-state index contributed by atoms with van der Waals surface area (Å²) in [5.74, 6) is -1.23. The van der Waals surface area contributed by atoms with Gasteiger partial charge in [-0.05, 0) is 54.7 Å². The zero-order valence-corrected chi connectivity index (χ0v) is 18.0. The van der Waals surface area contributed by atoms with Crippen LogP contribution < -0.4 is 4.74 Å². The van der Waals surface area contributed by atoms with Gasteiger partial charge in [0.15, 0.2) is 0 Å². The monoisotopic (exact) mass is 486 g/mol. The van der Waals surface area contributed by atoms with Gasteiger partial charge in [-0.3, -0.25) is 4.79 Å². The molecule has 0 aliphatic heterocycles. The third-order valence-electron chi connectivity index (χ3n) is 5.92. The molecular formula is C24H18F4N4O3. The number of carboxylic acid groups (broad SMARTS) is 1. The molecule has 5 rings (SSSR count). The molecule has 1 fully saturated rings. The highest BCUT2D eigenvalue weighted by Crippen LogP contribution is 2.34. The lowest BCUT2D eigenvalue weighted by Crippen LogP contribution is -2.35. The van der Waals surface area contributed by atoms with Crippen molar-refractivity contribution in [1.82, 2.24) is 19.9 Å². The molecular weight excluding hydrogens is 468 g/mol. The van der Waals surface area contributed by atoms with E-state index in [9.17, 15) is 22.4 Å². The number of halogens is 4. The zero-order chi connectivity index (χ0) is 24.7. The van der Waals surface area contributed by atoms with E-state index in [2.05, 4.69) is 19.9 Å². The second kappa shape index (κ2) is 8.64. The van der Waals surface area contributed by atoms with Crippen LogP contribution in [-0.4, -0.2) is 37.1 Å². The molecule has 35 heavy (non-hydrogen) atoms. The van der Waals surface area contributed by atoms with E-state index in [1.165, 1.54) is 30.6 Å². The molecule has 2 aromatic heterocycles. The Kier molecular flexibility index (Phi) is 5.62. The first-order chi connectivity index (χ1) is 16.7. The van der Waals surface area contributed by atoms with E-state index in [0.717, 1.165) is 12.1 Å². The molecule has 2 N–H and O–H groups in total. The Morgan fingerprint density at radius 3 is 2.49 bits per heavy atom. The highest BCUT2D eigenvalue weighted by molar-refractivity contribution is 5.80. The minimum absolute atomic E-state index is 0.0861. The van der Waals surface area contributed by atoms with Gasteiger partial charge in [0.25, 0.3) is 0 Å². The molecule has 2 heterocycles. The minimum Gasteiger partial charge on any atom is -0.481 e. The number of carbonyl (C=O) groups is 1. The molecule has 2 aromatic carbocycles. The van der Waals surface area contributed by atoms with Gasteiger partial charge in [-0.25, -0.2) is 19.3 Å². The number of alkyl halides is 3. The number of aromatic amines is 1. The summed E-state index contributed by atoms with van der Waals surface area (Å²) in [5, 5.41) is 8.80. The van der Waals surface area contributed by atoms with Crippen molar-refractivity contribution in [2.45, 2.75) is 31.5 Å². The van der Waals surface area contributed by atoms with E-state index in [4.69, 9.17) is 9.84 Å². The normalized spacial score (nSPS) is 17.8. The first kappa shape index (κ1) is 22.8. The molecule has 1 saturated carbocycles. The van der Waals surface area contributed by atoms with Gasteiger partial charge < -0.3 is 14.8 Å². The van der Waals surface area contributed by atoms with Crippen LogP contribution in [0.2, 0.25) is 0 Å². The standard InChI is InChI=1S/C24H18F4N4O3/c25-18-8-13(14-10-29-23(30-11-14)35-16-5-12(6-16)7-21(33)34)1-3-17(18)22-31-19-4-2-15(24(26,27)28)9-20(19)32-22/h1-4,8-12,16H,5-7H2,(H,31,32)(H,33,34)/t12-,16+. The number of hydrogen-bond donors (Lipinski definition) is 2. The first-order valence-electron chi connectivity index (χ1n) is 10.7. The van der Waals surface area contributed by atoms with Gasteiger partial charge in [-0.2, -0.15) is 13.2 Å². The quantitative estimate of drug-likeness (QED) is 0.350. The molecule has 11 heteroatoms. The van der Waals surface area contributed by atoms with Crippen LogP contribution in [0.1, 0.15) is 24.8 Å². The van der Waals surface area contributed by atoms with E-state index >= 15 is 0 Å². The SMILES string of the molecule is O=C(O)C[C@H]1C[C@@H](Oc2ncc(-c3ccc(-c4nc5cc(C(F)(F)F)ccc5[nH]4)c(F)c3)cn2)C1. The van der Waals surface area contributed by atoms with E-state index < -0.39 is 23.5 Å². The molecule has 4 aromatic rings. The third kappa shape index (κ3) is 4.79. The molecule has 180 valence electrons. The van der Waals surface area contributed by atoms with Crippen molar-refractivity contribution in [2.75, 3.05) is 0 Å². The number of aliphatic carboxylic acids is 1. The van der Waals surface area contributed by atoms with Gasteiger partial charge >= 0.3 is 18.2 Å². The van der Waals surface area contributed by atoms with Crippen molar-refractivity contribution in [3.63, 3.8) is 0 Å². The summed E-state index contributed by atoms with van der Waals surface area (Å²) in [6, 6.07) is 7.66. The maximum Gasteiger partial charge on any atom is 0.416 e. The first-order valence-corrected chi connectivity index (χ1v) is 10.7. The topological polar surface area (TPSA) is 101 Å². The fraction of sp³-hybridized carbons (Fsp3) is 0.250. The number of benzene rings is 2. The lowest BCUT2D eigenvalue weighted by molar-refractivity contribution is -0.140. The summed E-state index contributed by atoms with van der Waals surface area (Å²) in [6.45, 7) is 0. The molecule has 0 atom stereocenters. The molecule has 0 spiro atoms. The number of fused-ring (bicyclic) bond motifs is 1. The molecule has 0 radical (unpaired) electrons. The van der Waals surface area contributed by atoms with Crippen molar-refractivity contribution >= 4 is 17.0 Å². The zero-order valence-electron chi connectivity index (χ0n) is 18.0. The highest BCUT2D eigenvalue weighted by atomic mass is 19.4. The Bertz CT molecular complexity index is 1400. The Hall–Kier alpha value is -4.02. The molecule has 7 nitrogen and oxygen atoms in total. The van der Waals surface area contributed by atoms with Crippen LogP contribution in [0.3, 0.4) is 0 Å². The third-order valence-corrected chi connectivity index (χ3v) is 5.92. The molecule has 1 aliphatic carbocycles. The number of rotatable bonds is 6. The van der Waals surface area contributed by atoms with Crippen molar-refractivity contribution in [3.05, 3.63) is 60.2 Å². The fourth-order valence-electron chi connectivity index (χ4n) is 4.06. The Morgan fingerprint density at radius 2 is 1.83 bits per heavy atom. The number of imidazole rings is 1. The van der Waals surface area contributed by atoms with Crippen LogP contribution in [0.25, 0.3) is 33.5 Å². The van der Waals surface area contributed by atoms with E-state index in [-0.39, 0.29) is 41.4 Å². The average Bonchev–Trinajstić information content (AvgIpc) is 3.20.